The van der Waals surface area contributed by atoms with Gasteiger partial charge < -0.3 is 14.8 Å². The van der Waals surface area contributed by atoms with Crippen molar-refractivity contribution in [2.24, 2.45) is 0 Å². The average Bonchev–Trinajstić information content (AvgIpc) is 2.61. The Morgan fingerprint density at radius 2 is 1.71 bits per heavy atom. The lowest BCUT2D eigenvalue weighted by Gasteiger charge is -2.16. The van der Waals surface area contributed by atoms with Gasteiger partial charge in [0.05, 0.1) is 7.11 Å². The number of amides is 1. The van der Waals surface area contributed by atoms with Gasteiger partial charge >= 0.3 is 12.1 Å². The van der Waals surface area contributed by atoms with Crippen LogP contribution in [-0.4, -0.2) is 25.2 Å². The van der Waals surface area contributed by atoms with Crippen molar-refractivity contribution in [1.82, 2.24) is 5.32 Å². The number of methoxy groups -OCH3 is 1. The van der Waals surface area contributed by atoms with Gasteiger partial charge in [-0.3, -0.25) is 0 Å². The van der Waals surface area contributed by atoms with Crippen molar-refractivity contribution in [3.05, 3.63) is 65.7 Å². The summed E-state index contributed by atoms with van der Waals surface area (Å²) in [6.45, 7) is 0.134. The minimum absolute atomic E-state index is 0.134. The molecule has 1 unspecified atom stereocenters. The second-order valence-electron chi connectivity index (χ2n) is 5.15. The van der Waals surface area contributed by atoms with Crippen molar-refractivity contribution in [2.45, 2.75) is 24.0 Å². The molecule has 0 saturated heterocycles. The molecule has 6 heteroatoms. The van der Waals surface area contributed by atoms with Crippen molar-refractivity contribution in [3.8, 4) is 0 Å². The van der Waals surface area contributed by atoms with Gasteiger partial charge in [-0.1, -0.05) is 42.5 Å². The zero-order valence-electron chi connectivity index (χ0n) is 13.3. The molecular weight excluding hydrogens is 326 g/mol. The van der Waals surface area contributed by atoms with Gasteiger partial charge in [0.15, 0.2) is 0 Å². The van der Waals surface area contributed by atoms with E-state index in [1.165, 1.54) is 7.11 Å². The molecule has 0 saturated carbocycles. The number of benzene rings is 2. The van der Waals surface area contributed by atoms with Gasteiger partial charge in [0.1, 0.15) is 12.6 Å². The van der Waals surface area contributed by atoms with Crippen LogP contribution in [0.5, 0.6) is 0 Å². The SMILES string of the molecule is COC(=O)C(Cc1ccc(S)cc1)NC(=O)OCc1ccccc1. The second-order valence-corrected chi connectivity index (χ2v) is 5.67. The molecule has 126 valence electrons. The molecule has 0 spiro atoms. The molecule has 0 aliphatic carbocycles. The summed E-state index contributed by atoms with van der Waals surface area (Å²) in [7, 11) is 1.28. The lowest BCUT2D eigenvalue weighted by molar-refractivity contribution is -0.143. The molecule has 5 nitrogen and oxygen atoms in total. The number of hydrogen-bond acceptors (Lipinski definition) is 5. The monoisotopic (exact) mass is 345 g/mol. The Kier molecular flexibility index (Phi) is 6.69. The molecule has 2 aromatic rings. The summed E-state index contributed by atoms with van der Waals surface area (Å²) < 4.78 is 9.89. The van der Waals surface area contributed by atoms with E-state index >= 15 is 0 Å². The third-order valence-electron chi connectivity index (χ3n) is 3.37. The van der Waals surface area contributed by atoms with Crippen LogP contribution < -0.4 is 5.32 Å². The molecule has 2 rings (SSSR count). The highest BCUT2D eigenvalue weighted by molar-refractivity contribution is 7.80. The first-order valence-corrected chi connectivity index (χ1v) is 7.86. The molecule has 0 radical (unpaired) electrons. The predicted molar refractivity (Wildman–Crippen MR) is 93.0 cm³/mol. The van der Waals surface area contributed by atoms with E-state index in [9.17, 15) is 9.59 Å². The highest BCUT2D eigenvalue weighted by atomic mass is 32.1. The summed E-state index contributed by atoms with van der Waals surface area (Å²) in [6.07, 6.45) is -0.360. The Labute approximate surface area is 146 Å². The molecule has 2 aromatic carbocycles. The maximum absolute atomic E-state index is 11.9. The van der Waals surface area contributed by atoms with Crippen molar-refractivity contribution < 1.29 is 19.1 Å². The van der Waals surface area contributed by atoms with Crippen LogP contribution in [0.3, 0.4) is 0 Å². The normalized spacial score (nSPS) is 11.4. The van der Waals surface area contributed by atoms with Crippen molar-refractivity contribution in [3.63, 3.8) is 0 Å². The van der Waals surface area contributed by atoms with Crippen LogP contribution in [0.25, 0.3) is 0 Å². The first-order valence-electron chi connectivity index (χ1n) is 7.41. The van der Waals surface area contributed by atoms with Gasteiger partial charge in [-0.25, -0.2) is 9.59 Å². The maximum Gasteiger partial charge on any atom is 0.408 e. The lowest BCUT2D eigenvalue weighted by atomic mass is 10.1. The molecule has 0 aliphatic rings. The Bertz CT molecular complexity index is 673. The number of rotatable bonds is 6. The highest BCUT2D eigenvalue weighted by Gasteiger charge is 2.22. The van der Waals surface area contributed by atoms with Gasteiger partial charge in [0, 0.05) is 11.3 Å². The van der Waals surface area contributed by atoms with E-state index < -0.39 is 18.1 Å². The fraction of sp³-hybridized carbons (Fsp3) is 0.222. The number of carbonyl (C=O) groups is 2. The number of esters is 1. The third kappa shape index (κ3) is 5.62. The Hall–Kier alpha value is -2.47. The van der Waals surface area contributed by atoms with Gasteiger partial charge in [0.25, 0.3) is 0 Å². The van der Waals surface area contributed by atoms with Crippen LogP contribution in [0, 0.1) is 0 Å². The zero-order valence-corrected chi connectivity index (χ0v) is 14.2. The van der Waals surface area contributed by atoms with Crippen LogP contribution in [0.4, 0.5) is 4.79 Å². The van der Waals surface area contributed by atoms with Crippen LogP contribution in [-0.2, 0) is 27.3 Å². The third-order valence-corrected chi connectivity index (χ3v) is 3.66. The summed E-state index contributed by atoms with van der Waals surface area (Å²) >= 11 is 4.22. The Morgan fingerprint density at radius 3 is 2.33 bits per heavy atom. The van der Waals surface area contributed by atoms with E-state index in [4.69, 9.17) is 9.47 Å². The number of ether oxygens (including phenoxy) is 2. The number of alkyl carbamates (subject to hydrolysis) is 1. The first kappa shape index (κ1) is 17.9. The average molecular weight is 345 g/mol. The van der Waals surface area contributed by atoms with E-state index in [1.807, 2.05) is 54.6 Å². The smallest absolute Gasteiger partial charge is 0.408 e. The summed E-state index contributed by atoms with van der Waals surface area (Å²) in [5.74, 6) is -0.526. The minimum Gasteiger partial charge on any atom is -0.467 e. The summed E-state index contributed by atoms with van der Waals surface area (Å²) in [4.78, 5) is 24.6. The van der Waals surface area contributed by atoms with E-state index in [2.05, 4.69) is 17.9 Å². The van der Waals surface area contributed by atoms with Crippen LogP contribution in [0.2, 0.25) is 0 Å². The van der Waals surface area contributed by atoms with Crippen molar-refractivity contribution in [1.29, 1.82) is 0 Å². The molecule has 0 bridgehead atoms. The van der Waals surface area contributed by atoms with Crippen LogP contribution in [0.1, 0.15) is 11.1 Å². The predicted octanol–water partition coefficient (Wildman–Crippen LogP) is 2.99. The molecule has 1 atom stereocenters. The lowest BCUT2D eigenvalue weighted by Crippen LogP contribution is -2.43. The summed E-state index contributed by atoms with van der Waals surface area (Å²) in [5, 5.41) is 2.55. The number of carbonyl (C=O) groups excluding carboxylic acids is 2. The molecule has 0 heterocycles. The van der Waals surface area contributed by atoms with Crippen LogP contribution >= 0.6 is 12.6 Å². The quantitative estimate of drug-likeness (QED) is 0.624. The van der Waals surface area contributed by atoms with Crippen LogP contribution in [0.15, 0.2) is 59.5 Å². The highest BCUT2D eigenvalue weighted by Crippen LogP contribution is 2.10. The van der Waals surface area contributed by atoms with E-state index in [0.717, 1.165) is 16.0 Å². The molecular formula is C18H19NO4S. The maximum atomic E-state index is 11.9. The Balaban J connectivity index is 1.93. The summed E-state index contributed by atoms with van der Waals surface area (Å²) in [6, 6.07) is 15.8. The van der Waals surface area contributed by atoms with Crippen molar-refractivity contribution >= 4 is 24.7 Å². The van der Waals surface area contributed by atoms with E-state index in [0.29, 0.717) is 6.42 Å². The van der Waals surface area contributed by atoms with Gasteiger partial charge in [-0.15, -0.1) is 12.6 Å². The van der Waals surface area contributed by atoms with Gasteiger partial charge in [-0.05, 0) is 23.3 Å². The molecule has 24 heavy (non-hydrogen) atoms. The molecule has 1 amide bonds. The fourth-order valence-electron chi connectivity index (χ4n) is 2.11. The minimum atomic E-state index is -0.816. The molecule has 1 N–H and O–H groups in total. The number of nitrogens with one attached hydrogen (secondary N) is 1. The van der Waals surface area contributed by atoms with Gasteiger partial charge in [0.2, 0.25) is 0 Å². The van der Waals surface area contributed by atoms with Gasteiger partial charge in [-0.2, -0.15) is 0 Å². The van der Waals surface area contributed by atoms with E-state index in [1.54, 1.807) is 0 Å². The fourth-order valence-corrected chi connectivity index (χ4v) is 2.26. The standard InChI is InChI=1S/C18H19NO4S/c1-22-17(20)16(11-13-7-9-15(24)10-8-13)19-18(21)23-12-14-5-3-2-4-6-14/h2-10,16,24H,11-12H2,1H3,(H,19,21). The second kappa shape index (κ2) is 8.98. The molecule has 0 fully saturated rings. The summed E-state index contributed by atoms with van der Waals surface area (Å²) in [5.41, 5.74) is 1.75. The zero-order chi connectivity index (χ0) is 17.4. The number of hydrogen-bond donors (Lipinski definition) is 2. The topological polar surface area (TPSA) is 64.6 Å². The molecule has 0 aromatic heterocycles. The molecule has 0 aliphatic heterocycles. The Morgan fingerprint density at radius 1 is 1.04 bits per heavy atom. The van der Waals surface area contributed by atoms with Crippen molar-refractivity contribution in [2.75, 3.05) is 7.11 Å². The largest absolute Gasteiger partial charge is 0.467 e. The van der Waals surface area contributed by atoms with E-state index in [-0.39, 0.29) is 6.61 Å². The first-order chi connectivity index (χ1) is 11.6. The number of thiol groups is 1.